The summed E-state index contributed by atoms with van der Waals surface area (Å²) in [4.78, 5) is 0. The number of hydrogen-bond acceptors (Lipinski definition) is 2. The van der Waals surface area contributed by atoms with Crippen molar-refractivity contribution >= 4 is 6.08 Å². The van der Waals surface area contributed by atoms with Crippen LogP contribution in [0.4, 0.5) is 0 Å². The average molecular weight is 173 g/mol. The van der Waals surface area contributed by atoms with Crippen LogP contribution in [0.3, 0.4) is 0 Å². The highest BCUT2D eigenvalue weighted by Gasteiger charge is 1.90. The van der Waals surface area contributed by atoms with Crippen LogP contribution in [-0.4, -0.2) is 11.2 Å². The van der Waals surface area contributed by atoms with Gasteiger partial charge in [-0.2, -0.15) is 5.26 Å². The Balaban J connectivity index is 2.76. The van der Waals surface area contributed by atoms with Crippen molar-refractivity contribution in [3.63, 3.8) is 0 Å². The van der Waals surface area contributed by atoms with Crippen molar-refractivity contribution in [2.75, 3.05) is 0 Å². The van der Waals surface area contributed by atoms with Crippen LogP contribution in [0.25, 0.3) is 6.08 Å². The van der Waals surface area contributed by atoms with E-state index in [0.717, 1.165) is 5.56 Å². The van der Waals surface area contributed by atoms with E-state index in [0.29, 0.717) is 5.56 Å². The van der Waals surface area contributed by atoms with E-state index in [2.05, 4.69) is 0 Å². The molecular formula is C11H11NO. The standard InChI is InChI=1S/C11H11NO/c1-9(13)2-3-10-4-6-11(8-12)7-5-10/h2-7,9,13H,1H3/b3-2+. The first-order chi connectivity index (χ1) is 6.22. The number of nitriles is 1. The Morgan fingerprint density at radius 2 is 2.00 bits per heavy atom. The largest absolute Gasteiger partial charge is 0.389 e. The summed E-state index contributed by atoms with van der Waals surface area (Å²) in [5.41, 5.74) is 1.63. The van der Waals surface area contributed by atoms with Gasteiger partial charge in [0, 0.05) is 0 Å². The van der Waals surface area contributed by atoms with E-state index < -0.39 is 6.10 Å². The van der Waals surface area contributed by atoms with Crippen molar-refractivity contribution in [2.45, 2.75) is 13.0 Å². The van der Waals surface area contributed by atoms with Crippen LogP contribution in [-0.2, 0) is 0 Å². The minimum absolute atomic E-state index is 0.435. The lowest BCUT2D eigenvalue weighted by molar-refractivity contribution is 0.245. The first-order valence-electron chi connectivity index (χ1n) is 4.09. The van der Waals surface area contributed by atoms with E-state index in [-0.39, 0.29) is 0 Å². The van der Waals surface area contributed by atoms with E-state index in [1.807, 2.05) is 24.3 Å². The van der Waals surface area contributed by atoms with Crippen LogP contribution in [0, 0.1) is 11.3 Å². The van der Waals surface area contributed by atoms with Crippen LogP contribution in [0.5, 0.6) is 0 Å². The summed E-state index contributed by atoms with van der Waals surface area (Å²) in [6.07, 6.45) is 3.09. The highest BCUT2D eigenvalue weighted by atomic mass is 16.3. The molecule has 0 spiro atoms. The van der Waals surface area contributed by atoms with Crippen LogP contribution in [0.2, 0.25) is 0 Å². The fraction of sp³-hybridized carbons (Fsp3) is 0.182. The molecule has 0 bridgehead atoms. The molecule has 1 aromatic carbocycles. The maximum atomic E-state index is 8.98. The van der Waals surface area contributed by atoms with Gasteiger partial charge in [-0.3, -0.25) is 0 Å². The van der Waals surface area contributed by atoms with Crippen molar-refractivity contribution < 1.29 is 5.11 Å². The molecule has 1 aromatic rings. The van der Waals surface area contributed by atoms with E-state index >= 15 is 0 Å². The highest BCUT2D eigenvalue weighted by molar-refractivity contribution is 5.51. The molecule has 2 heteroatoms. The van der Waals surface area contributed by atoms with Gasteiger partial charge >= 0.3 is 0 Å². The second-order valence-electron chi connectivity index (χ2n) is 2.83. The highest BCUT2D eigenvalue weighted by Crippen LogP contribution is 2.05. The van der Waals surface area contributed by atoms with Crippen LogP contribution in [0.15, 0.2) is 30.3 Å². The predicted octanol–water partition coefficient (Wildman–Crippen LogP) is 1.95. The molecule has 66 valence electrons. The Bertz CT molecular complexity index is 330. The van der Waals surface area contributed by atoms with Gasteiger partial charge in [-0.1, -0.05) is 24.3 Å². The second kappa shape index (κ2) is 4.44. The molecule has 0 saturated heterocycles. The molecule has 1 N–H and O–H groups in total. The number of nitrogens with zero attached hydrogens (tertiary/aromatic N) is 1. The fourth-order valence-electron chi connectivity index (χ4n) is 0.919. The first-order valence-corrected chi connectivity index (χ1v) is 4.09. The normalized spacial score (nSPS) is 12.7. The molecule has 1 atom stereocenters. The Morgan fingerprint density at radius 1 is 1.38 bits per heavy atom. The van der Waals surface area contributed by atoms with Gasteiger partial charge in [-0.05, 0) is 24.6 Å². The molecule has 2 nitrogen and oxygen atoms in total. The van der Waals surface area contributed by atoms with Gasteiger partial charge in [0.1, 0.15) is 0 Å². The summed E-state index contributed by atoms with van der Waals surface area (Å²) in [5.74, 6) is 0. The molecular weight excluding hydrogens is 162 g/mol. The van der Waals surface area contributed by atoms with Crippen molar-refractivity contribution in [3.05, 3.63) is 41.5 Å². The topological polar surface area (TPSA) is 44.0 Å². The number of rotatable bonds is 2. The molecule has 0 aromatic heterocycles. The second-order valence-corrected chi connectivity index (χ2v) is 2.83. The summed E-state index contributed by atoms with van der Waals surface area (Å²) in [7, 11) is 0. The lowest BCUT2D eigenvalue weighted by Crippen LogP contribution is -1.91. The number of aliphatic hydroxyl groups is 1. The number of benzene rings is 1. The first kappa shape index (κ1) is 9.50. The fourth-order valence-corrected chi connectivity index (χ4v) is 0.919. The van der Waals surface area contributed by atoms with Gasteiger partial charge in [0.2, 0.25) is 0 Å². The van der Waals surface area contributed by atoms with E-state index in [1.54, 1.807) is 25.1 Å². The third-order valence-electron chi connectivity index (χ3n) is 1.61. The minimum Gasteiger partial charge on any atom is -0.389 e. The van der Waals surface area contributed by atoms with Crippen LogP contribution < -0.4 is 0 Å². The monoisotopic (exact) mass is 173 g/mol. The van der Waals surface area contributed by atoms with E-state index in [4.69, 9.17) is 10.4 Å². The third-order valence-corrected chi connectivity index (χ3v) is 1.61. The molecule has 0 radical (unpaired) electrons. The SMILES string of the molecule is CC(O)/C=C/c1ccc(C#N)cc1. The van der Waals surface area contributed by atoms with Crippen LogP contribution >= 0.6 is 0 Å². The molecule has 13 heavy (non-hydrogen) atoms. The quantitative estimate of drug-likeness (QED) is 0.742. The van der Waals surface area contributed by atoms with Crippen molar-refractivity contribution in [1.82, 2.24) is 0 Å². The maximum absolute atomic E-state index is 8.98. The van der Waals surface area contributed by atoms with Crippen LogP contribution in [0.1, 0.15) is 18.1 Å². The maximum Gasteiger partial charge on any atom is 0.0991 e. The summed E-state index contributed by atoms with van der Waals surface area (Å²) in [6, 6.07) is 9.24. The lowest BCUT2D eigenvalue weighted by Gasteiger charge is -1.95. The zero-order chi connectivity index (χ0) is 9.68. The molecule has 0 saturated carbocycles. The molecule has 0 amide bonds. The van der Waals surface area contributed by atoms with Crippen molar-refractivity contribution in [2.24, 2.45) is 0 Å². The van der Waals surface area contributed by atoms with E-state index in [1.165, 1.54) is 0 Å². The Hall–Kier alpha value is -1.59. The molecule has 1 unspecified atom stereocenters. The number of hydrogen-bond donors (Lipinski definition) is 1. The zero-order valence-electron chi connectivity index (χ0n) is 7.44. The molecule has 0 aliphatic carbocycles. The van der Waals surface area contributed by atoms with Gasteiger partial charge in [-0.15, -0.1) is 0 Å². The predicted molar refractivity (Wildman–Crippen MR) is 51.9 cm³/mol. The summed E-state index contributed by atoms with van der Waals surface area (Å²) in [6.45, 7) is 1.69. The van der Waals surface area contributed by atoms with Crippen molar-refractivity contribution in [1.29, 1.82) is 5.26 Å². The Morgan fingerprint density at radius 3 is 2.46 bits per heavy atom. The van der Waals surface area contributed by atoms with Gasteiger partial charge in [0.15, 0.2) is 0 Å². The third kappa shape index (κ3) is 3.10. The zero-order valence-corrected chi connectivity index (χ0v) is 7.44. The summed E-state index contributed by atoms with van der Waals surface area (Å²) in [5, 5.41) is 17.5. The van der Waals surface area contributed by atoms with Gasteiger partial charge in [-0.25, -0.2) is 0 Å². The van der Waals surface area contributed by atoms with Gasteiger partial charge in [0.25, 0.3) is 0 Å². The van der Waals surface area contributed by atoms with Gasteiger partial charge in [0.05, 0.1) is 17.7 Å². The minimum atomic E-state index is -0.435. The smallest absolute Gasteiger partial charge is 0.0991 e. The Kier molecular flexibility index (Phi) is 3.24. The van der Waals surface area contributed by atoms with E-state index in [9.17, 15) is 0 Å². The summed E-state index contributed by atoms with van der Waals surface area (Å²) < 4.78 is 0. The molecule has 0 fully saturated rings. The Labute approximate surface area is 77.8 Å². The molecule has 1 rings (SSSR count). The lowest BCUT2D eigenvalue weighted by atomic mass is 10.1. The number of aliphatic hydroxyl groups excluding tert-OH is 1. The molecule has 0 aliphatic heterocycles. The van der Waals surface area contributed by atoms with Gasteiger partial charge < -0.3 is 5.11 Å². The van der Waals surface area contributed by atoms with Crippen molar-refractivity contribution in [3.8, 4) is 6.07 Å². The molecule has 0 aliphatic rings. The average Bonchev–Trinajstić information content (AvgIpc) is 2.15. The molecule has 0 heterocycles. The summed E-state index contributed by atoms with van der Waals surface area (Å²) >= 11 is 0.